The van der Waals surface area contributed by atoms with E-state index in [1.165, 1.54) is 25.7 Å². The lowest BCUT2D eigenvalue weighted by Crippen LogP contribution is -2.31. The Labute approximate surface area is 143 Å². The summed E-state index contributed by atoms with van der Waals surface area (Å²) in [7, 11) is 0. The maximum atomic E-state index is 11.6. The molecular weight excluding hydrogens is 326 g/mol. The van der Waals surface area contributed by atoms with Crippen LogP contribution in [0.5, 0.6) is 0 Å². The number of carboxylic acid groups (broad SMARTS) is 1. The van der Waals surface area contributed by atoms with Crippen LogP contribution in [-0.4, -0.2) is 38.8 Å². The van der Waals surface area contributed by atoms with Gasteiger partial charge >= 0.3 is 11.8 Å². The zero-order valence-corrected chi connectivity index (χ0v) is 14.1. The summed E-state index contributed by atoms with van der Waals surface area (Å²) < 4.78 is 6.08. The van der Waals surface area contributed by atoms with E-state index in [0.29, 0.717) is 24.1 Å². The van der Waals surface area contributed by atoms with Gasteiger partial charge in [0.15, 0.2) is 5.82 Å². The lowest BCUT2D eigenvalue weighted by atomic mass is 9.84. The number of rotatable bonds is 3. The summed E-state index contributed by atoms with van der Waals surface area (Å²) in [6, 6.07) is 0. The highest BCUT2D eigenvalue weighted by Crippen LogP contribution is 2.37. The highest BCUT2D eigenvalue weighted by Gasteiger charge is 2.32. The monoisotopic (exact) mass is 347 g/mol. The normalized spacial score (nSPS) is 23.0. The Balaban J connectivity index is 1.87. The largest absolute Gasteiger partial charge is 0.465 e. The van der Waals surface area contributed by atoms with Crippen LogP contribution < -0.4 is 16.0 Å². The molecule has 2 N–H and O–H groups in total. The Morgan fingerprint density at radius 3 is 2.44 bits per heavy atom. The summed E-state index contributed by atoms with van der Waals surface area (Å²) in [5.74, 6) is 1.47. The van der Waals surface area contributed by atoms with Crippen LogP contribution in [0.15, 0.2) is 9.32 Å². The van der Waals surface area contributed by atoms with E-state index >= 15 is 0 Å². The second-order valence-electron chi connectivity index (χ2n) is 6.90. The van der Waals surface area contributed by atoms with Crippen molar-refractivity contribution < 1.29 is 14.4 Å². The molecule has 0 aromatic carbocycles. The molecule has 5 rings (SSSR count). The predicted molar refractivity (Wildman–Crippen MR) is 90.2 cm³/mol. The zero-order valence-electron chi connectivity index (χ0n) is 14.1. The highest BCUT2D eigenvalue weighted by atomic mass is 16.5. The maximum Gasteiger partial charge on any atom is 0.461 e. The van der Waals surface area contributed by atoms with Gasteiger partial charge in [0.1, 0.15) is 5.82 Å². The molecule has 0 spiro atoms. The number of nitrogens with one attached hydrogen (secondary N) is 1. The molecule has 134 valence electrons. The number of anilines is 2. The average molecular weight is 347 g/mol. The van der Waals surface area contributed by atoms with Gasteiger partial charge in [-0.3, -0.25) is 5.32 Å². The van der Waals surface area contributed by atoms with Gasteiger partial charge in [0, 0.05) is 18.7 Å². The molecule has 2 aliphatic heterocycles. The first kappa shape index (κ1) is 15.9. The second-order valence-corrected chi connectivity index (χ2v) is 6.90. The zero-order chi connectivity index (χ0) is 17.6. The van der Waals surface area contributed by atoms with Crippen LogP contribution in [0.3, 0.4) is 0 Å². The number of hydrogen-bond donors (Lipinski definition) is 2. The molecule has 25 heavy (non-hydrogen) atoms. The minimum absolute atomic E-state index is 0.0811. The van der Waals surface area contributed by atoms with E-state index in [0.717, 1.165) is 23.2 Å². The van der Waals surface area contributed by atoms with E-state index in [2.05, 4.69) is 20.2 Å². The molecule has 2 bridgehead atoms. The molecule has 1 amide bonds. The summed E-state index contributed by atoms with van der Waals surface area (Å²) in [6.07, 6.45) is 4.26. The summed E-state index contributed by atoms with van der Waals surface area (Å²) in [4.78, 5) is 33.3. The quantitative estimate of drug-likeness (QED) is 0.872. The molecule has 1 aliphatic carbocycles. The smallest absolute Gasteiger partial charge is 0.461 e. The molecule has 9 nitrogen and oxygen atoms in total. The SMILES string of the molecule is CCc1c(N2CC3CCC(CC3)C2)nc2nc(=O)on2c1NC(=O)O. The fourth-order valence-electron chi connectivity index (χ4n) is 4.16. The molecule has 3 aliphatic rings. The molecule has 0 atom stereocenters. The lowest BCUT2D eigenvalue weighted by molar-refractivity contribution is 0.209. The first-order chi connectivity index (χ1) is 12.0. The third-order valence-electron chi connectivity index (χ3n) is 5.31. The molecule has 3 fully saturated rings. The fourth-order valence-corrected chi connectivity index (χ4v) is 4.16. The fraction of sp³-hybridized carbons (Fsp3) is 0.625. The maximum absolute atomic E-state index is 11.6. The number of aromatic nitrogens is 3. The highest BCUT2D eigenvalue weighted by molar-refractivity contribution is 5.84. The molecular formula is C16H21N5O4. The molecule has 2 aromatic heterocycles. The number of amides is 1. The van der Waals surface area contributed by atoms with Gasteiger partial charge in [-0.2, -0.15) is 4.98 Å². The minimum atomic E-state index is -1.22. The van der Waals surface area contributed by atoms with Crippen molar-refractivity contribution >= 4 is 23.5 Å². The van der Waals surface area contributed by atoms with Crippen molar-refractivity contribution in [1.82, 2.24) is 14.5 Å². The van der Waals surface area contributed by atoms with Crippen LogP contribution in [0.2, 0.25) is 0 Å². The standard InChI is InChI=1S/C16H21N5O4/c1-2-11-12(20-7-9-3-4-10(8-20)6-5-9)17-14-19-16(24)25-21(14)13(11)18-15(22)23/h9-10,18H,2-8H2,1H3,(H,22,23). The second kappa shape index (κ2) is 6.05. The Morgan fingerprint density at radius 1 is 1.24 bits per heavy atom. The van der Waals surface area contributed by atoms with Gasteiger partial charge in [-0.15, -0.1) is 9.56 Å². The van der Waals surface area contributed by atoms with Gasteiger partial charge < -0.3 is 14.5 Å². The Morgan fingerprint density at radius 2 is 1.88 bits per heavy atom. The van der Waals surface area contributed by atoms with E-state index < -0.39 is 11.8 Å². The topological polar surface area (TPSA) is 113 Å². The number of hydrogen-bond acceptors (Lipinski definition) is 6. The first-order valence-corrected chi connectivity index (χ1v) is 8.73. The van der Waals surface area contributed by atoms with Gasteiger partial charge in [0.25, 0.3) is 5.78 Å². The summed E-state index contributed by atoms with van der Waals surface area (Å²) in [6.45, 7) is 3.74. The van der Waals surface area contributed by atoms with Crippen LogP contribution in [-0.2, 0) is 6.42 Å². The van der Waals surface area contributed by atoms with Crippen molar-refractivity contribution in [3.63, 3.8) is 0 Å². The molecule has 0 unspecified atom stereocenters. The van der Waals surface area contributed by atoms with Gasteiger partial charge in [0.05, 0.1) is 0 Å². The van der Waals surface area contributed by atoms with E-state index in [-0.39, 0.29) is 11.6 Å². The van der Waals surface area contributed by atoms with Crippen LogP contribution in [0.4, 0.5) is 16.4 Å². The molecule has 0 radical (unpaired) electrons. The predicted octanol–water partition coefficient (Wildman–Crippen LogP) is 1.96. The first-order valence-electron chi connectivity index (χ1n) is 8.73. The van der Waals surface area contributed by atoms with Crippen LogP contribution >= 0.6 is 0 Å². The van der Waals surface area contributed by atoms with Gasteiger partial charge in [-0.1, -0.05) is 6.92 Å². The summed E-state index contributed by atoms with van der Waals surface area (Å²) in [5, 5.41) is 11.5. The third-order valence-corrected chi connectivity index (χ3v) is 5.31. The van der Waals surface area contributed by atoms with Crippen LogP contribution in [0, 0.1) is 11.8 Å². The molecule has 4 heterocycles. The minimum Gasteiger partial charge on any atom is -0.465 e. The van der Waals surface area contributed by atoms with Crippen LogP contribution in [0.1, 0.15) is 38.2 Å². The van der Waals surface area contributed by atoms with Crippen molar-refractivity contribution in [3.8, 4) is 0 Å². The average Bonchev–Trinajstić information content (AvgIpc) is 2.74. The number of fused-ring (bicyclic) bond motifs is 5. The Bertz CT molecular complexity index is 851. The molecule has 1 saturated carbocycles. The van der Waals surface area contributed by atoms with Crippen molar-refractivity contribution in [2.24, 2.45) is 11.8 Å². The van der Waals surface area contributed by atoms with Crippen molar-refractivity contribution in [2.45, 2.75) is 39.0 Å². The van der Waals surface area contributed by atoms with Gasteiger partial charge in [-0.05, 0) is 43.9 Å². The van der Waals surface area contributed by atoms with Crippen molar-refractivity contribution in [3.05, 3.63) is 16.1 Å². The number of carbonyl (C=O) groups is 1. The summed E-state index contributed by atoms with van der Waals surface area (Å²) in [5.41, 5.74) is 0.720. The number of nitrogens with zero attached hydrogens (tertiary/aromatic N) is 4. The van der Waals surface area contributed by atoms with Gasteiger partial charge in [0.2, 0.25) is 0 Å². The van der Waals surface area contributed by atoms with Crippen LogP contribution in [0.25, 0.3) is 5.78 Å². The Hall–Kier alpha value is -2.58. The lowest BCUT2D eigenvalue weighted by Gasteiger charge is -2.26. The third kappa shape index (κ3) is 2.83. The van der Waals surface area contributed by atoms with E-state index in [1.54, 1.807) is 0 Å². The summed E-state index contributed by atoms with van der Waals surface area (Å²) >= 11 is 0. The van der Waals surface area contributed by atoms with Gasteiger partial charge in [-0.25, -0.2) is 9.59 Å². The molecule has 2 saturated heterocycles. The Kier molecular flexibility index (Phi) is 3.85. The van der Waals surface area contributed by atoms with E-state index in [1.807, 2.05) is 6.92 Å². The molecule has 2 aromatic rings. The van der Waals surface area contributed by atoms with Crippen molar-refractivity contribution in [2.75, 3.05) is 23.3 Å². The molecule has 9 heteroatoms. The van der Waals surface area contributed by atoms with E-state index in [4.69, 9.17) is 4.52 Å². The van der Waals surface area contributed by atoms with E-state index in [9.17, 15) is 14.7 Å². The van der Waals surface area contributed by atoms with Crippen molar-refractivity contribution in [1.29, 1.82) is 0 Å².